The maximum atomic E-state index is 12.3. The van der Waals surface area contributed by atoms with Crippen LogP contribution in [0.2, 0.25) is 0 Å². The summed E-state index contributed by atoms with van der Waals surface area (Å²) in [7, 11) is 0. The molecule has 3 N–H and O–H groups in total. The summed E-state index contributed by atoms with van der Waals surface area (Å²) in [5.41, 5.74) is 4.89. The van der Waals surface area contributed by atoms with Gasteiger partial charge in [-0.05, 0) is 18.1 Å². The summed E-state index contributed by atoms with van der Waals surface area (Å²) < 4.78 is 36.9. The molecule has 0 spiro atoms. The number of hydrogen-bond donors (Lipinski definition) is 2. The van der Waals surface area contributed by atoms with E-state index in [2.05, 4.69) is 10.3 Å². The van der Waals surface area contributed by atoms with Crippen molar-refractivity contribution in [2.75, 3.05) is 5.32 Å². The third-order valence-electron chi connectivity index (χ3n) is 2.88. The van der Waals surface area contributed by atoms with Gasteiger partial charge in [-0.3, -0.25) is 4.79 Å². The molecule has 0 fully saturated rings. The molecule has 1 amide bonds. The molecular formula is C12H16F3N3O. The van der Waals surface area contributed by atoms with Crippen molar-refractivity contribution in [2.24, 2.45) is 11.7 Å². The van der Waals surface area contributed by atoms with Crippen LogP contribution in [0.25, 0.3) is 0 Å². The molecule has 0 saturated carbocycles. The molecule has 0 aliphatic rings. The Morgan fingerprint density at radius 2 is 2.11 bits per heavy atom. The highest BCUT2D eigenvalue weighted by Crippen LogP contribution is 2.27. The van der Waals surface area contributed by atoms with E-state index in [9.17, 15) is 18.0 Å². The Morgan fingerprint density at radius 1 is 1.47 bits per heavy atom. The summed E-state index contributed by atoms with van der Waals surface area (Å²) >= 11 is 0. The molecule has 0 aliphatic carbocycles. The average Bonchev–Trinajstić information content (AvgIpc) is 2.36. The second-order valence-corrected chi connectivity index (χ2v) is 4.33. The first-order valence-corrected chi connectivity index (χ1v) is 5.85. The lowest BCUT2D eigenvalue weighted by atomic mass is 9.99. The SMILES string of the molecule is CC[C@H](C)[C@H](N)C(=O)Nc1ccc(C(F)(F)F)nc1. The van der Waals surface area contributed by atoms with Crippen LogP contribution in [0.1, 0.15) is 26.0 Å². The van der Waals surface area contributed by atoms with Crippen molar-refractivity contribution in [3.8, 4) is 0 Å². The molecule has 4 nitrogen and oxygen atoms in total. The number of amides is 1. The fourth-order valence-electron chi connectivity index (χ4n) is 1.37. The fourth-order valence-corrected chi connectivity index (χ4v) is 1.37. The van der Waals surface area contributed by atoms with Gasteiger partial charge in [0, 0.05) is 0 Å². The van der Waals surface area contributed by atoms with Crippen molar-refractivity contribution in [3.63, 3.8) is 0 Å². The predicted octanol–water partition coefficient (Wildman–Crippen LogP) is 2.41. The second-order valence-electron chi connectivity index (χ2n) is 4.33. The Balaban J connectivity index is 2.71. The number of carbonyl (C=O) groups is 1. The van der Waals surface area contributed by atoms with E-state index in [1.165, 1.54) is 0 Å². The molecule has 106 valence electrons. The van der Waals surface area contributed by atoms with Crippen LogP contribution < -0.4 is 11.1 Å². The molecule has 19 heavy (non-hydrogen) atoms. The van der Waals surface area contributed by atoms with Crippen molar-refractivity contribution in [1.82, 2.24) is 4.98 Å². The average molecular weight is 275 g/mol. The predicted molar refractivity (Wildman–Crippen MR) is 65.3 cm³/mol. The Hall–Kier alpha value is -1.63. The minimum absolute atomic E-state index is 0.0117. The van der Waals surface area contributed by atoms with Crippen LogP contribution in [0.15, 0.2) is 18.3 Å². The molecule has 1 aromatic heterocycles. The first kappa shape index (κ1) is 15.4. The van der Waals surface area contributed by atoms with Gasteiger partial charge in [-0.2, -0.15) is 13.2 Å². The number of pyridine rings is 1. The number of alkyl halides is 3. The summed E-state index contributed by atoms with van der Waals surface area (Å²) in [6.45, 7) is 3.73. The monoisotopic (exact) mass is 275 g/mol. The molecule has 0 radical (unpaired) electrons. The van der Waals surface area contributed by atoms with E-state index in [1.807, 2.05) is 13.8 Å². The van der Waals surface area contributed by atoms with E-state index in [-0.39, 0.29) is 11.6 Å². The van der Waals surface area contributed by atoms with E-state index in [0.717, 1.165) is 24.8 Å². The Bertz CT molecular complexity index is 431. The Labute approximate surface area is 109 Å². The van der Waals surface area contributed by atoms with Crippen LogP contribution in [0.4, 0.5) is 18.9 Å². The Kier molecular flexibility index (Phi) is 4.88. The number of aromatic nitrogens is 1. The molecule has 1 heterocycles. The summed E-state index contributed by atoms with van der Waals surface area (Å²) in [5.74, 6) is -0.446. The van der Waals surface area contributed by atoms with Gasteiger partial charge in [0.25, 0.3) is 0 Å². The number of nitrogens with zero attached hydrogens (tertiary/aromatic N) is 1. The van der Waals surface area contributed by atoms with E-state index in [1.54, 1.807) is 0 Å². The molecule has 7 heteroatoms. The van der Waals surface area contributed by atoms with Crippen molar-refractivity contribution < 1.29 is 18.0 Å². The van der Waals surface area contributed by atoms with Crippen LogP contribution in [0.3, 0.4) is 0 Å². The first-order valence-electron chi connectivity index (χ1n) is 5.85. The third kappa shape index (κ3) is 4.20. The van der Waals surface area contributed by atoms with Gasteiger partial charge in [-0.25, -0.2) is 4.98 Å². The van der Waals surface area contributed by atoms with Gasteiger partial charge < -0.3 is 11.1 Å². The van der Waals surface area contributed by atoms with Crippen LogP contribution in [0.5, 0.6) is 0 Å². The second kappa shape index (κ2) is 6.01. The van der Waals surface area contributed by atoms with Gasteiger partial charge in [0.1, 0.15) is 5.69 Å². The number of carbonyl (C=O) groups excluding carboxylic acids is 1. The van der Waals surface area contributed by atoms with Crippen LogP contribution in [-0.2, 0) is 11.0 Å². The molecule has 0 saturated heterocycles. The standard InChI is InChI=1S/C12H16F3N3O/c1-3-7(2)10(16)11(19)18-8-4-5-9(17-6-8)12(13,14)15/h4-7,10H,3,16H2,1-2H3,(H,18,19)/t7-,10-/m0/s1. The van der Waals surface area contributed by atoms with Gasteiger partial charge in [0.05, 0.1) is 17.9 Å². The van der Waals surface area contributed by atoms with Crippen molar-refractivity contribution >= 4 is 11.6 Å². The third-order valence-corrected chi connectivity index (χ3v) is 2.88. The first-order chi connectivity index (χ1) is 8.75. The molecule has 0 aliphatic heterocycles. The molecule has 1 rings (SSSR count). The largest absolute Gasteiger partial charge is 0.433 e. The van der Waals surface area contributed by atoms with Gasteiger partial charge in [0.2, 0.25) is 5.91 Å². The number of hydrogen-bond acceptors (Lipinski definition) is 3. The zero-order valence-corrected chi connectivity index (χ0v) is 10.7. The highest BCUT2D eigenvalue weighted by Gasteiger charge is 2.32. The van der Waals surface area contributed by atoms with Gasteiger partial charge in [-0.15, -0.1) is 0 Å². The van der Waals surface area contributed by atoms with E-state index in [4.69, 9.17) is 5.73 Å². The Morgan fingerprint density at radius 3 is 2.53 bits per heavy atom. The van der Waals surface area contributed by atoms with E-state index < -0.39 is 23.8 Å². The fraction of sp³-hybridized carbons (Fsp3) is 0.500. The zero-order chi connectivity index (χ0) is 14.6. The summed E-state index contributed by atoms with van der Waals surface area (Å²) in [4.78, 5) is 15.0. The van der Waals surface area contributed by atoms with Crippen LogP contribution in [0, 0.1) is 5.92 Å². The normalized spacial score (nSPS) is 14.8. The van der Waals surface area contributed by atoms with E-state index >= 15 is 0 Å². The molecule has 2 atom stereocenters. The highest BCUT2D eigenvalue weighted by atomic mass is 19.4. The van der Waals surface area contributed by atoms with Crippen LogP contribution in [-0.4, -0.2) is 16.9 Å². The summed E-state index contributed by atoms with van der Waals surface area (Å²) in [5, 5.41) is 2.44. The number of halogens is 3. The van der Waals surface area contributed by atoms with Crippen molar-refractivity contribution in [2.45, 2.75) is 32.5 Å². The topological polar surface area (TPSA) is 68.0 Å². The van der Waals surface area contributed by atoms with Crippen molar-refractivity contribution in [3.05, 3.63) is 24.0 Å². The number of nitrogens with one attached hydrogen (secondary N) is 1. The molecule has 0 aromatic carbocycles. The maximum absolute atomic E-state index is 12.3. The number of anilines is 1. The minimum atomic E-state index is -4.49. The van der Waals surface area contributed by atoms with Crippen LogP contribution >= 0.6 is 0 Å². The smallest absolute Gasteiger partial charge is 0.323 e. The lowest BCUT2D eigenvalue weighted by Crippen LogP contribution is -2.40. The lowest BCUT2D eigenvalue weighted by Gasteiger charge is -2.17. The van der Waals surface area contributed by atoms with Gasteiger partial charge in [-0.1, -0.05) is 20.3 Å². The lowest BCUT2D eigenvalue weighted by molar-refractivity contribution is -0.141. The maximum Gasteiger partial charge on any atom is 0.433 e. The summed E-state index contributed by atoms with van der Waals surface area (Å²) in [6.07, 6.45) is -2.79. The molecule has 0 bridgehead atoms. The van der Waals surface area contributed by atoms with Crippen molar-refractivity contribution in [1.29, 1.82) is 0 Å². The molecular weight excluding hydrogens is 259 g/mol. The molecule has 0 unspecified atom stereocenters. The zero-order valence-electron chi connectivity index (χ0n) is 10.7. The quantitative estimate of drug-likeness (QED) is 0.886. The number of nitrogens with two attached hydrogens (primary N) is 1. The van der Waals surface area contributed by atoms with Gasteiger partial charge >= 0.3 is 6.18 Å². The number of rotatable bonds is 4. The summed E-state index contributed by atoms with van der Waals surface area (Å²) in [6, 6.07) is 1.26. The highest BCUT2D eigenvalue weighted by molar-refractivity contribution is 5.94. The van der Waals surface area contributed by atoms with E-state index in [0.29, 0.717) is 0 Å². The molecule has 1 aromatic rings. The van der Waals surface area contributed by atoms with Gasteiger partial charge in [0.15, 0.2) is 0 Å². The minimum Gasteiger partial charge on any atom is -0.323 e.